The zero-order chi connectivity index (χ0) is 30.1. The maximum absolute atomic E-state index is 13.4. The van der Waals surface area contributed by atoms with E-state index in [4.69, 9.17) is 0 Å². The van der Waals surface area contributed by atoms with Gasteiger partial charge < -0.3 is 15.7 Å². The first-order valence-corrected chi connectivity index (χ1v) is 14.5. The van der Waals surface area contributed by atoms with Crippen molar-refractivity contribution in [1.82, 2.24) is 9.97 Å². The van der Waals surface area contributed by atoms with Crippen LogP contribution >= 0.6 is 0 Å². The molecule has 216 valence electrons. The minimum absolute atomic E-state index is 0.264. The molecule has 0 spiro atoms. The predicted molar refractivity (Wildman–Crippen MR) is 177 cm³/mol. The first-order chi connectivity index (χ1) is 21.7. The summed E-state index contributed by atoms with van der Waals surface area (Å²) in [7, 11) is 0. The second-order valence-electron chi connectivity index (χ2n) is 10.5. The number of rotatable bonds is 10. The van der Waals surface area contributed by atoms with Crippen molar-refractivity contribution in [2.24, 2.45) is 0 Å². The van der Waals surface area contributed by atoms with E-state index in [-0.39, 0.29) is 5.91 Å². The highest BCUT2D eigenvalue weighted by atomic mass is 16.3. The van der Waals surface area contributed by atoms with Crippen LogP contribution in [0.25, 0.3) is 16.8 Å². The average molecular weight is 577 g/mol. The van der Waals surface area contributed by atoms with Crippen LogP contribution in [0.1, 0.15) is 40.4 Å². The van der Waals surface area contributed by atoms with E-state index in [1.54, 1.807) is 18.5 Å². The van der Waals surface area contributed by atoms with E-state index in [0.29, 0.717) is 17.2 Å². The Hall–Kier alpha value is -5.59. The van der Waals surface area contributed by atoms with Crippen LogP contribution in [-0.4, -0.2) is 21.0 Å². The number of nitrogens with one attached hydrogen (secondary N) is 2. The van der Waals surface area contributed by atoms with Gasteiger partial charge in [0.15, 0.2) is 0 Å². The third kappa shape index (κ3) is 6.56. The number of carbonyl (C=O) groups excluding carboxylic acids is 1. The van der Waals surface area contributed by atoms with Crippen LogP contribution in [-0.2, 0) is 4.79 Å². The van der Waals surface area contributed by atoms with Gasteiger partial charge in [-0.1, -0.05) is 103 Å². The Morgan fingerprint density at radius 2 is 1.41 bits per heavy atom. The molecule has 0 saturated heterocycles. The van der Waals surface area contributed by atoms with Gasteiger partial charge in [-0.05, 0) is 63.9 Å². The van der Waals surface area contributed by atoms with Gasteiger partial charge in [0.25, 0.3) is 0 Å². The monoisotopic (exact) mass is 576 g/mol. The Bertz CT molecular complexity index is 1860. The van der Waals surface area contributed by atoms with Crippen LogP contribution in [0.5, 0.6) is 0 Å². The van der Waals surface area contributed by atoms with Gasteiger partial charge in [-0.15, -0.1) is 0 Å². The standard InChI is InChI=1S/C38H32N4O2/c43-35(24-23-28-17-12-16-27-13-4-5-18-30(27)28)41-32-20-7-6-19-31(32)37(42-34-22-9-11-26-40-34)36(33-21-8-10-25-39-33)38(44)29-14-2-1-3-15-29/h1-26,36-38,44H,(H,40,42)(H,41,43)/b24-23+/t36-,37+,38+/m0/s1. The lowest BCUT2D eigenvalue weighted by Crippen LogP contribution is -2.27. The second kappa shape index (κ2) is 13.6. The number of anilines is 2. The Morgan fingerprint density at radius 3 is 2.20 bits per heavy atom. The highest BCUT2D eigenvalue weighted by Crippen LogP contribution is 2.43. The second-order valence-corrected chi connectivity index (χ2v) is 10.5. The highest BCUT2D eigenvalue weighted by molar-refractivity contribution is 6.04. The molecule has 0 aliphatic heterocycles. The summed E-state index contributed by atoms with van der Waals surface area (Å²) in [4.78, 5) is 22.6. The van der Waals surface area contributed by atoms with Gasteiger partial charge in [0.05, 0.1) is 18.1 Å². The smallest absolute Gasteiger partial charge is 0.248 e. The van der Waals surface area contributed by atoms with Crippen molar-refractivity contribution in [3.63, 3.8) is 0 Å². The molecule has 3 N–H and O–H groups in total. The predicted octanol–water partition coefficient (Wildman–Crippen LogP) is 7.95. The number of pyridine rings is 2. The molecule has 0 aliphatic carbocycles. The van der Waals surface area contributed by atoms with E-state index in [0.717, 1.165) is 27.5 Å². The Morgan fingerprint density at radius 1 is 0.705 bits per heavy atom. The molecule has 6 heteroatoms. The minimum atomic E-state index is -0.915. The van der Waals surface area contributed by atoms with Gasteiger partial charge >= 0.3 is 0 Å². The first kappa shape index (κ1) is 28.5. The molecule has 6 rings (SSSR count). The summed E-state index contributed by atoms with van der Waals surface area (Å²) < 4.78 is 0. The number of aliphatic hydroxyl groups excluding tert-OH is 1. The third-order valence-electron chi connectivity index (χ3n) is 7.63. The first-order valence-electron chi connectivity index (χ1n) is 14.5. The number of carbonyl (C=O) groups is 1. The molecular weight excluding hydrogens is 544 g/mol. The van der Waals surface area contributed by atoms with E-state index < -0.39 is 18.1 Å². The van der Waals surface area contributed by atoms with Gasteiger partial charge in [0.2, 0.25) is 5.91 Å². The summed E-state index contributed by atoms with van der Waals surface area (Å²) in [6.07, 6.45) is 5.91. The third-order valence-corrected chi connectivity index (χ3v) is 7.63. The molecule has 0 aliphatic rings. The van der Waals surface area contributed by atoms with E-state index in [1.807, 2.05) is 127 Å². The van der Waals surface area contributed by atoms with E-state index in [1.165, 1.54) is 0 Å². The van der Waals surface area contributed by atoms with Crippen molar-refractivity contribution >= 4 is 34.3 Å². The molecule has 0 saturated carbocycles. The number of para-hydroxylation sites is 1. The SMILES string of the molecule is O=C(/C=C/c1cccc2ccccc12)Nc1ccccc1[C@@H](Nc1ccccn1)[C@H](c1ccccn1)[C@H](O)c1ccccc1. The molecule has 0 unspecified atom stereocenters. The number of hydrogen-bond acceptors (Lipinski definition) is 5. The Labute approximate surface area is 256 Å². The topological polar surface area (TPSA) is 87.1 Å². The quantitative estimate of drug-likeness (QED) is 0.144. The highest BCUT2D eigenvalue weighted by Gasteiger charge is 2.35. The number of hydrogen-bond donors (Lipinski definition) is 3. The molecule has 3 atom stereocenters. The summed E-state index contributed by atoms with van der Waals surface area (Å²) in [5.74, 6) is -0.166. The van der Waals surface area contributed by atoms with E-state index in [2.05, 4.69) is 32.7 Å². The summed E-state index contributed by atoms with van der Waals surface area (Å²) >= 11 is 0. The van der Waals surface area contributed by atoms with Gasteiger partial charge in [0, 0.05) is 29.9 Å². The average Bonchev–Trinajstić information content (AvgIpc) is 3.08. The molecule has 2 aromatic heterocycles. The normalized spacial score (nSPS) is 13.3. The van der Waals surface area contributed by atoms with Crippen LogP contribution in [0.3, 0.4) is 0 Å². The number of fused-ring (bicyclic) bond motifs is 1. The summed E-state index contributed by atoms with van der Waals surface area (Å²) in [6, 6.07) is 42.1. The summed E-state index contributed by atoms with van der Waals surface area (Å²) in [5, 5.41) is 20.8. The summed E-state index contributed by atoms with van der Waals surface area (Å²) in [5.41, 5.74) is 3.83. The molecule has 2 heterocycles. The molecule has 6 nitrogen and oxygen atoms in total. The van der Waals surface area contributed by atoms with Crippen molar-refractivity contribution in [2.75, 3.05) is 10.6 Å². The maximum atomic E-state index is 13.4. The Balaban J connectivity index is 1.38. The van der Waals surface area contributed by atoms with Crippen molar-refractivity contribution < 1.29 is 9.90 Å². The maximum Gasteiger partial charge on any atom is 0.248 e. The number of aromatic nitrogens is 2. The number of amides is 1. The zero-order valence-corrected chi connectivity index (χ0v) is 24.0. The molecule has 44 heavy (non-hydrogen) atoms. The lowest BCUT2D eigenvalue weighted by atomic mass is 9.82. The molecule has 1 amide bonds. The van der Waals surface area contributed by atoms with Crippen molar-refractivity contribution in [1.29, 1.82) is 0 Å². The fraction of sp³-hybridized carbons (Fsp3) is 0.0789. The lowest BCUT2D eigenvalue weighted by molar-refractivity contribution is -0.111. The Kier molecular flexibility index (Phi) is 8.81. The summed E-state index contributed by atoms with van der Waals surface area (Å²) in [6.45, 7) is 0. The van der Waals surface area contributed by atoms with Gasteiger partial charge in [0.1, 0.15) is 5.82 Å². The van der Waals surface area contributed by atoms with Crippen LogP contribution in [0, 0.1) is 0 Å². The number of benzene rings is 4. The molecule has 0 bridgehead atoms. The van der Waals surface area contributed by atoms with Gasteiger partial charge in [-0.25, -0.2) is 4.98 Å². The molecule has 0 radical (unpaired) electrons. The van der Waals surface area contributed by atoms with Gasteiger partial charge in [-0.2, -0.15) is 0 Å². The van der Waals surface area contributed by atoms with Crippen molar-refractivity contribution in [3.05, 3.63) is 174 Å². The van der Waals surface area contributed by atoms with Gasteiger partial charge in [-0.3, -0.25) is 9.78 Å². The van der Waals surface area contributed by atoms with E-state index >= 15 is 0 Å². The fourth-order valence-corrected chi connectivity index (χ4v) is 5.53. The van der Waals surface area contributed by atoms with Crippen LogP contribution in [0.15, 0.2) is 152 Å². The zero-order valence-electron chi connectivity index (χ0n) is 24.0. The lowest BCUT2D eigenvalue weighted by Gasteiger charge is -2.33. The largest absolute Gasteiger partial charge is 0.388 e. The van der Waals surface area contributed by atoms with Crippen LogP contribution in [0.2, 0.25) is 0 Å². The molecule has 0 fully saturated rings. The van der Waals surface area contributed by atoms with Crippen LogP contribution < -0.4 is 10.6 Å². The number of aliphatic hydroxyl groups is 1. The molecule has 4 aromatic carbocycles. The number of nitrogens with zero attached hydrogens (tertiary/aromatic N) is 2. The molecule has 6 aromatic rings. The fourth-order valence-electron chi connectivity index (χ4n) is 5.53. The van der Waals surface area contributed by atoms with E-state index in [9.17, 15) is 9.90 Å². The van der Waals surface area contributed by atoms with Crippen LogP contribution in [0.4, 0.5) is 11.5 Å². The van der Waals surface area contributed by atoms with Crippen molar-refractivity contribution in [2.45, 2.75) is 18.1 Å². The minimum Gasteiger partial charge on any atom is -0.388 e. The van der Waals surface area contributed by atoms with Crippen molar-refractivity contribution in [3.8, 4) is 0 Å². The molecular formula is C38H32N4O2.